The predicted octanol–water partition coefficient (Wildman–Crippen LogP) is 5.08. The van der Waals surface area contributed by atoms with Gasteiger partial charge in [-0.15, -0.1) is 0 Å². The van der Waals surface area contributed by atoms with E-state index in [4.69, 9.17) is 16.0 Å². The van der Waals surface area contributed by atoms with E-state index in [9.17, 15) is 14.7 Å². The van der Waals surface area contributed by atoms with Gasteiger partial charge < -0.3 is 14.8 Å². The van der Waals surface area contributed by atoms with Gasteiger partial charge >= 0.3 is 5.97 Å². The van der Waals surface area contributed by atoms with Crippen LogP contribution in [0.3, 0.4) is 0 Å². The first-order valence-electron chi connectivity index (χ1n) is 9.49. The molecule has 1 atom stereocenters. The van der Waals surface area contributed by atoms with Crippen LogP contribution < -0.4 is 10.7 Å². The minimum atomic E-state index is -1.20. The van der Waals surface area contributed by atoms with Crippen molar-refractivity contribution in [3.8, 4) is 11.5 Å². The van der Waals surface area contributed by atoms with E-state index < -0.39 is 12.0 Å². The summed E-state index contributed by atoms with van der Waals surface area (Å²) in [5.74, 6) is -0.843. The highest BCUT2D eigenvalue weighted by Crippen LogP contribution is 2.31. The number of anilines is 1. The van der Waals surface area contributed by atoms with Gasteiger partial charge in [-0.05, 0) is 49.7 Å². The number of hydrogen-bond acceptors (Lipinski definition) is 6. The van der Waals surface area contributed by atoms with E-state index in [0.29, 0.717) is 33.7 Å². The zero-order chi connectivity index (χ0) is 22.1. The molecule has 0 bridgehead atoms. The number of aryl methyl sites for hydroxylation is 1. The van der Waals surface area contributed by atoms with Crippen molar-refractivity contribution in [1.29, 1.82) is 0 Å². The van der Waals surface area contributed by atoms with Crippen LogP contribution in [0.15, 0.2) is 63.9 Å². The van der Waals surface area contributed by atoms with Gasteiger partial charge in [0.05, 0.1) is 17.1 Å². The zero-order valence-electron chi connectivity index (χ0n) is 16.7. The van der Waals surface area contributed by atoms with E-state index in [0.717, 1.165) is 5.56 Å². The van der Waals surface area contributed by atoms with Crippen LogP contribution in [0.25, 0.3) is 22.4 Å². The Morgan fingerprint density at radius 1 is 1.19 bits per heavy atom. The molecule has 0 aliphatic carbocycles. The van der Waals surface area contributed by atoms with Gasteiger partial charge in [0, 0.05) is 17.8 Å². The van der Waals surface area contributed by atoms with Gasteiger partial charge in [0.1, 0.15) is 16.4 Å². The maximum absolute atomic E-state index is 12.8. The Balaban J connectivity index is 1.84. The fourth-order valence-corrected chi connectivity index (χ4v) is 3.56. The van der Waals surface area contributed by atoms with Gasteiger partial charge in [-0.3, -0.25) is 9.78 Å². The van der Waals surface area contributed by atoms with Crippen LogP contribution in [0.2, 0.25) is 5.15 Å². The molecule has 4 rings (SSSR count). The molecule has 1 aromatic carbocycles. The Bertz CT molecular complexity index is 1350. The minimum absolute atomic E-state index is 0.0857. The molecule has 1 unspecified atom stereocenters. The van der Waals surface area contributed by atoms with Crippen LogP contribution >= 0.6 is 11.6 Å². The maximum atomic E-state index is 12.8. The zero-order valence-corrected chi connectivity index (χ0v) is 17.5. The molecule has 0 saturated carbocycles. The molecule has 4 aromatic rings. The first-order chi connectivity index (χ1) is 14.8. The molecule has 0 saturated heterocycles. The van der Waals surface area contributed by atoms with E-state index in [1.165, 1.54) is 12.1 Å². The number of nitrogens with one attached hydrogen (secondary N) is 1. The number of rotatable bonds is 5. The summed E-state index contributed by atoms with van der Waals surface area (Å²) in [4.78, 5) is 32.6. The van der Waals surface area contributed by atoms with E-state index in [1.54, 1.807) is 30.5 Å². The number of aromatic carboxylic acids is 1. The van der Waals surface area contributed by atoms with Crippen molar-refractivity contribution in [3.63, 3.8) is 0 Å². The monoisotopic (exact) mass is 435 g/mol. The van der Waals surface area contributed by atoms with Gasteiger partial charge in [0.15, 0.2) is 16.9 Å². The topological polar surface area (TPSA) is 105 Å². The highest BCUT2D eigenvalue weighted by atomic mass is 35.5. The molecule has 156 valence electrons. The Kier molecular flexibility index (Phi) is 5.44. The summed E-state index contributed by atoms with van der Waals surface area (Å²) >= 11 is 5.85. The van der Waals surface area contributed by atoms with Crippen LogP contribution in [-0.2, 0) is 0 Å². The van der Waals surface area contributed by atoms with Crippen molar-refractivity contribution in [2.45, 2.75) is 19.9 Å². The molecule has 3 heterocycles. The average Bonchev–Trinajstić information content (AvgIpc) is 2.75. The second-order valence-electron chi connectivity index (χ2n) is 7.12. The Hall–Kier alpha value is -3.71. The molecular formula is C23H18ClN3O4. The molecule has 0 aliphatic heterocycles. The first-order valence-corrected chi connectivity index (χ1v) is 9.87. The van der Waals surface area contributed by atoms with Crippen molar-refractivity contribution in [2.24, 2.45) is 0 Å². The third-order valence-corrected chi connectivity index (χ3v) is 5.03. The number of benzene rings is 1. The van der Waals surface area contributed by atoms with Gasteiger partial charge in [0.25, 0.3) is 0 Å². The number of carboxylic acids is 1. The lowest BCUT2D eigenvalue weighted by atomic mass is 10.0. The normalized spacial score (nSPS) is 12.0. The highest BCUT2D eigenvalue weighted by Gasteiger charge is 2.19. The standard InChI is InChI=1S/C23H18ClN3O4/c1-12-9-14(13(2)26-17-6-7-20(24)27-21(17)23(29)30)22-15(10-12)18(28)11-19(31-22)16-5-3-4-8-25-16/h3-11,13,26H,1-2H3,(H,29,30). The fraction of sp³-hybridized carbons (Fsp3) is 0.130. The second-order valence-corrected chi connectivity index (χ2v) is 7.51. The minimum Gasteiger partial charge on any atom is -0.476 e. The van der Waals surface area contributed by atoms with Crippen LogP contribution in [-0.4, -0.2) is 21.0 Å². The first kappa shape index (κ1) is 20.6. The Morgan fingerprint density at radius 3 is 2.71 bits per heavy atom. The number of fused-ring (bicyclic) bond motifs is 1. The van der Waals surface area contributed by atoms with E-state index in [2.05, 4.69) is 15.3 Å². The molecule has 3 aromatic heterocycles. The Labute approximate surface area is 182 Å². The molecule has 0 radical (unpaired) electrons. The highest BCUT2D eigenvalue weighted by molar-refractivity contribution is 6.29. The van der Waals surface area contributed by atoms with E-state index in [-0.39, 0.29) is 16.3 Å². The summed E-state index contributed by atoms with van der Waals surface area (Å²) in [6, 6.07) is 13.1. The number of hydrogen-bond donors (Lipinski definition) is 2. The second kappa shape index (κ2) is 8.20. The van der Waals surface area contributed by atoms with Gasteiger partial charge in [-0.2, -0.15) is 0 Å². The smallest absolute Gasteiger partial charge is 0.356 e. The van der Waals surface area contributed by atoms with E-state index in [1.807, 2.05) is 26.0 Å². The third-order valence-electron chi connectivity index (χ3n) is 4.82. The van der Waals surface area contributed by atoms with Crippen molar-refractivity contribution in [2.75, 3.05) is 5.32 Å². The van der Waals surface area contributed by atoms with Crippen LogP contribution in [0.4, 0.5) is 5.69 Å². The van der Waals surface area contributed by atoms with Crippen molar-refractivity contribution in [1.82, 2.24) is 9.97 Å². The number of carbonyl (C=O) groups is 1. The van der Waals surface area contributed by atoms with Gasteiger partial charge in [0.2, 0.25) is 0 Å². The number of aromatic nitrogens is 2. The van der Waals surface area contributed by atoms with Crippen molar-refractivity contribution in [3.05, 3.63) is 86.9 Å². The SMILES string of the molecule is Cc1cc(C(C)Nc2ccc(Cl)nc2C(=O)O)c2oc(-c3ccccn3)cc(=O)c2c1. The lowest BCUT2D eigenvalue weighted by Gasteiger charge is -2.19. The number of halogens is 1. The third kappa shape index (κ3) is 4.13. The lowest BCUT2D eigenvalue weighted by Crippen LogP contribution is -2.13. The van der Waals surface area contributed by atoms with Crippen molar-refractivity contribution >= 4 is 34.2 Å². The summed E-state index contributed by atoms with van der Waals surface area (Å²) in [6.45, 7) is 3.73. The summed E-state index contributed by atoms with van der Waals surface area (Å²) in [6.07, 6.45) is 1.63. The predicted molar refractivity (Wildman–Crippen MR) is 119 cm³/mol. The maximum Gasteiger partial charge on any atom is 0.356 e. The molecule has 8 heteroatoms. The molecule has 7 nitrogen and oxygen atoms in total. The summed E-state index contributed by atoms with van der Waals surface area (Å²) in [5.41, 5.74) is 2.48. The largest absolute Gasteiger partial charge is 0.476 e. The lowest BCUT2D eigenvalue weighted by molar-refractivity contribution is 0.0691. The fourth-order valence-electron chi connectivity index (χ4n) is 3.42. The van der Waals surface area contributed by atoms with Crippen molar-refractivity contribution < 1.29 is 14.3 Å². The summed E-state index contributed by atoms with van der Waals surface area (Å²) < 4.78 is 6.11. The number of pyridine rings is 2. The molecule has 0 spiro atoms. The summed E-state index contributed by atoms with van der Waals surface area (Å²) in [7, 11) is 0. The van der Waals surface area contributed by atoms with Gasteiger partial charge in [-0.25, -0.2) is 9.78 Å². The van der Waals surface area contributed by atoms with Gasteiger partial charge in [-0.1, -0.05) is 23.7 Å². The number of carboxylic acid groups (broad SMARTS) is 1. The number of nitrogens with zero attached hydrogens (tertiary/aromatic N) is 2. The average molecular weight is 436 g/mol. The van der Waals surface area contributed by atoms with Crippen LogP contribution in [0, 0.1) is 6.92 Å². The molecule has 0 amide bonds. The van der Waals surface area contributed by atoms with Crippen LogP contribution in [0.1, 0.15) is 34.6 Å². The molecule has 0 aliphatic rings. The molecule has 0 fully saturated rings. The molecule has 2 N–H and O–H groups in total. The Morgan fingerprint density at radius 2 is 2.00 bits per heavy atom. The summed E-state index contributed by atoms with van der Waals surface area (Å²) in [5, 5.41) is 13.1. The quantitative estimate of drug-likeness (QED) is 0.421. The van der Waals surface area contributed by atoms with Crippen LogP contribution in [0.5, 0.6) is 0 Å². The van der Waals surface area contributed by atoms with E-state index >= 15 is 0 Å². The molecular weight excluding hydrogens is 418 g/mol. The molecule has 31 heavy (non-hydrogen) atoms.